The number of hydrogen-bond donors (Lipinski definition) is 1. The lowest BCUT2D eigenvalue weighted by molar-refractivity contribution is -0.147. The summed E-state index contributed by atoms with van der Waals surface area (Å²) in [5.74, 6) is -0.824. The fourth-order valence-electron chi connectivity index (χ4n) is 4.05. The van der Waals surface area contributed by atoms with Crippen molar-refractivity contribution in [3.8, 4) is 0 Å². The molecule has 0 heterocycles. The Morgan fingerprint density at radius 1 is 0.639 bits per heavy atom. The van der Waals surface area contributed by atoms with E-state index in [0.29, 0.717) is 12.8 Å². The molecule has 0 aromatic heterocycles. The highest BCUT2D eigenvalue weighted by Gasteiger charge is 2.11. The lowest BCUT2D eigenvalue weighted by Gasteiger charge is -2.14. The van der Waals surface area contributed by atoms with Crippen LogP contribution in [0.15, 0.2) is 36.5 Å². The number of hydrogen-bond acceptors (Lipinski definition) is 3. The van der Waals surface area contributed by atoms with Crippen LogP contribution in [-0.4, -0.2) is 23.1 Å². The molecule has 0 fully saturated rings. The quantitative estimate of drug-likeness (QED) is 0.0723. The molecule has 1 atom stereocenters. The van der Waals surface area contributed by atoms with E-state index in [1.165, 1.54) is 64.2 Å². The lowest BCUT2D eigenvalue weighted by atomic mass is 10.1. The van der Waals surface area contributed by atoms with Crippen molar-refractivity contribution >= 4 is 11.9 Å². The van der Waals surface area contributed by atoms with E-state index >= 15 is 0 Å². The second kappa shape index (κ2) is 27.7. The van der Waals surface area contributed by atoms with Crippen molar-refractivity contribution in [1.29, 1.82) is 0 Å². The Hall–Kier alpha value is -1.84. The highest BCUT2D eigenvalue weighted by atomic mass is 16.5. The normalized spacial score (nSPS) is 12.7. The van der Waals surface area contributed by atoms with Gasteiger partial charge in [0.15, 0.2) is 0 Å². The SMILES string of the molecule is CCCC/C=C\C/C=C\C(CCCCCCC(=O)O)OC(=O)CCCCCCC/C=C\CCCCC. The Balaban J connectivity index is 4.13. The Kier molecular flexibility index (Phi) is 26.3. The molecule has 36 heavy (non-hydrogen) atoms. The zero-order valence-electron chi connectivity index (χ0n) is 23.6. The fourth-order valence-corrected chi connectivity index (χ4v) is 4.05. The molecular weight excluding hydrogens is 448 g/mol. The molecule has 1 unspecified atom stereocenters. The van der Waals surface area contributed by atoms with Gasteiger partial charge < -0.3 is 9.84 Å². The summed E-state index contributed by atoms with van der Waals surface area (Å²) in [6, 6.07) is 0. The Bertz CT molecular complexity index is 591. The molecule has 0 aliphatic heterocycles. The fraction of sp³-hybridized carbons (Fsp3) is 0.750. The van der Waals surface area contributed by atoms with E-state index in [2.05, 4.69) is 44.2 Å². The highest BCUT2D eigenvalue weighted by Crippen LogP contribution is 2.14. The van der Waals surface area contributed by atoms with Crippen LogP contribution in [0.2, 0.25) is 0 Å². The van der Waals surface area contributed by atoms with Crippen molar-refractivity contribution < 1.29 is 19.4 Å². The van der Waals surface area contributed by atoms with Gasteiger partial charge in [0.2, 0.25) is 0 Å². The van der Waals surface area contributed by atoms with Crippen molar-refractivity contribution in [3.63, 3.8) is 0 Å². The molecule has 4 heteroatoms. The first kappa shape index (κ1) is 34.2. The van der Waals surface area contributed by atoms with Crippen LogP contribution in [0.1, 0.15) is 149 Å². The topological polar surface area (TPSA) is 63.6 Å². The van der Waals surface area contributed by atoms with Crippen molar-refractivity contribution in [3.05, 3.63) is 36.5 Å². The molecule has 0 rings (SSSR count). The van der Waals surface area contributed by atoms with E-state index in [4.69, 9.17) is 9.84 Å². The predicted molar refractivity (Wildman–Crippen MR) is 153 cm³/mol. The minimum atomic E-state index is -0.730. The number of rotatable bonds is 26. The lowest BCUT2D eigenvalue weighted by Crippen LogP contribution is -2.16. The molecule has 0 aliphatic rings. The molecule has 208 valence electrons. The van der Waals surface area contributed by atoms with Crippen molar-refractivity contribution in [1.82, 2.24) is 0 Å². The molecule has 0 amide bonds. The van der Waals surface area contributed by atoms with E-state index < -0.39 is 5.97 Å². The number of esters is 1. The average molecular weight is 505 g/mol. The molecule has 4 nitrogen and oxygen atoms in total. The number of ether oxygens (including phenoxy) is 1. The molecule has 0 spiro atoms. The smallest absolute Gasteiger partial charge is 0.306 e. The van der Waals surface area contributed by atoms with Crippen LogP contribution in [0.3, 0.4) is 0 Å². The molecule has 0 aliphatic carbocycles. The monoisotopic (exact) mass is 504 g/mol. The number of carbonyl (C=O) groups is 2. The zero-order valence-corrected chi connectivity index (χ0v) is 23.6. The third kappa shape index (κ3) is 26.8. The van der Waals surface area contributed by atoms with E-state index in [1.54, 1.807) is 0 Å². The van der Waals surface area contributed by atoms with Gasteiger partial charge in [0.1, 0.15) is 6.10 Å². The standard InChI is InChI=1S/C32H56O4/c1-3-5-7-9-11-12-13-14-15-17-19-25-29-32(35)36-30(26-22-18-16-10-8-6-4-2)27-23-20-21-24-28-31(33)34/h10-12,16,22,26,30H,3-9,13-15,17-21,23-25,27-29H2,1-2H3,(H,33,34)/b12-11-,16-10-,26-22-. The number of carboxylic acids is 1. The molecule has 0 saturated heterocycles. The molecule has 0 aromatic rings. The molecular formula is C32H56O4. The number of unbranched alkanes of at least 4 members (excludes halogenated alkanes) is 13. The van der Waals surface area contributed by atoms with E-state index in [0.717, 1.165) is 51.4 Å². The number of allylic oxidation sites excluding steroid dienone is 5. The summed E-state index contributed by atoms with van der Waals surface area (Å²) < 4.78 is 5.79. The Morgan fingerprint density at radius 3 is 1.89 bits per heavy atom. The van der Waals surface area contributed by atoms with Crippen LogP contribution >= 0.6 is 0 Å². The Morgan fingerprint density at radius 2 is 1.19 bits per heavy atom. The first-order chi connectivity index (χ1) is 17.6. The molecule has 0 bridgehead atoms. The van der Waals surface area contributed by atoms with Crippen LogP contribution in [0.5, 0.6) is 0 Å². The van der Waals surface area contributed by atoms with Crippen LogP contribution in [0.4, 0.5) is 0 Å². The van der Waals surface area contributed by atoms with Gasteiger partial charge in [-0.1, -0.05) is 102 Å². The van der Waals surface area contributed by atoms with Crippen molar-refractivity contribution in [2.24, 2.45) is 0 Å². The number of carboxylic acid groups (broad SMARTS) is 1. The maximum atomic E-state index is 12.4. The molecule has 0 aromatic carbocycles. The third-order valence-corrected chi connectivity index (χ3v) is 6.32. The van der Waals surface area contributed by atoms with Gasteiger partial charge in [0.05, 0.1) is 0 Å². The van der Waals surface area contributed by atoms with Crippen LogP contribution in [-0.2, 0) is 14.3 Å². The largest absolute Gasteiger partial charge is 0.481 e. The summed E-state index contributed by atoms with van der Waals surface area (Å²) in [6.07, 6.45) is 34.5. The van der Waals surface area contributed by atoms with Crippen molar-refractivity contribution in [2.45, 2.75) is 155 Å². The highest BCUT2D eigenvalue weighted by molar-refractivity contribution is 5.69. The van der Waals surface area contributed by atoms with Crippen LogP contribution < -0.4 is 0 Å². The van der Waals surface area contributed by atoms with Gasteiger partial charge in [0.25, 0.3) is 0 Å². The summed E-state index contributed by atoms with van der Waals surface area (Å²) in [5, 5.41) is 8.76. The van der Waals surface area contributed by atoms with Gasteiger partial charge in [-0.2, -0.15) is 0 Å². The minimum absolute atomic E-state index is 0.0935. The van der Waals surface area contributed by atoms with Crippen LogP contribution in [0.25, 0.3) is 0 Å². The minimum Gasteiger partial charge on any atom is -0.481 e. The Labute approximate surface area is 222 Å². The summed E-state index contributed by atoms with van der Waals surface area (Å²) in [6.45, 7) is 4.44. The second-order valence-corrected chi connectivity index (χ2v) is 9.93. The molecule has 1 N–H and O–H groups in total. The molecule has 0 radical (unpaired) electrons. The molecule has 0 saturated carbocycles. The maximum Gasteiger partial charge on any atom is 0.306 e. The van der Waals surface area contributed by atoms with Gasteiger partial charge in [0, 0.05) is 12.8 Å². The van der Waals surface area contributed by atoms with E-state index in [-0.39, 0.29) is 18.5 Å². The number of aliphatic carboxylic acids is 1. The van der Waals surface area contributed by atoms with Gasteiger partial charge >= 0.3 is 11.9 Å². The van der Waals surface area contributed by atoms with E-state index in [9.17, 15) is 9.59 Å². The first-order valence-corrected chi connectivity index (χ1v) is 15.0. The summed E-state index contributed by atoms with van der Waals surface area (Å²) in [7, 11) is 0. The van der Waals surface area contributed by atoms with E-state index in [1.807, 2.05) is 6.08 Å². The van der Waals surface area contributed by atoms with Gasteiger partial charge in [-0.3, -0.25) is 9.59 Å². The number of carbonyl (C=O) groups excluding carboxylic acids is 1. The first-order valence-electron chi connectivity index (χ1n) is 15.0. The van der Waals surface area contributed by atoms with Gasteiger partial charge in [-0.05, 0) is 70.3 Å². The maximum absolute atomic E-state index is 12.4. The van der Waals surface area contributed by atoms with Gasteiger partial charge in [-0.25, -0.2) is 0 Å². The predicted octanol–water partition coefficient (Wildman–Crippen LogP) is 9.88. The van der Waals surface area contributed by atoms with Crippen molar-refractivity contribution in [2.75, 3.05) is 0 Å². The second-order valence-electron chi connectivity index (χ2n) is 9.93. The van der Waals surface area contributed by atoms with Gasteiger partial charge in [-0.15, -0.1) is 0 Å². The zero-order chi connectivity index (χ0) is 26.5. The summed E-state index contributed by atoms with van der Waals surface area (Å²) in [4.78, 5) is 23.1. The van der Waals surface area contributed by atoms with Crippen LogP contribution in [0, 0.1) is 0 Å². The third-order valence-electron chi connectivity index (χ3n) is 6.32. The summed E-state index contributed by atoms with van der Waals surface area (Å²) >= 11 is 0. The summed E-state index contributed by atoms with van der Waals surface area (Å²) in [5.41, 5.74) is 0. The average Bonchev–Trinajstić information content (AvgIpc) is 2.85.